The molecule has 1 atom stereocenters. The summed E-state index contributed by atoms with van der Waals surface area (Å²) in [4.78, 5) is 24.2. The van der Waals surface area contributed by atoms with Gasteiger partial charge in [-0.25, -0.2) is 4.98 Å². The van der Waals surface area contributed by atoms with Gasteiger partial charge in [-0.05, 0) is 62.8 Å². The van der Waals surface area contributed by atoms with Crippen molar-refractivity contribution < 1.29 is 18.0 Å². The van der Waals surface area contributed by atoms with Gasteiger partial charge in [-0.2, -0.15) is 18.2 Å². The van der Waals surface area contributed by atoms with Crippen LogP contribution in [0.1, 0.15) is 60.3 Å². The summed E-state index contributed by atoms with van der Waals surface area (Å²) in [6.45, 7) is 4.59. The van der Waals surface area contributed by atoms with Crippen molar-refractivity contribution in [2.24, 2.45) is 11.3 Å². The Balaban J connectivity index is 1.35. The first-order valence-corrected chi connectivity index (χ1v) is 11.4. The lowest BCUT2D eigenvalue weighted by molar-refractivity contribution is -0.177. The number of aryl methyl sites for hydroxylation is 1. The molecule has 2 aromatic heterocycles. The molecule has 4 aliphatic rings. The van der Waals surface area contributed by atoms with Gasteiger partial charge in [-0.15, -0.1) is 0 Å². The first-order valence-electron chi connectivity index (χ1n) is 11.4. The molecule has 3 fully saturated rings. The summed E-state index contributed by atoms with van der Waals surface area (Å²) >= 11 is 0. The number of nitrogen functional groups attached to an aromatic ring is 1. The van der Waals surface area contributed by atoms with E-state index in [1.165, 1.54) is 6.07 Å². The van der Waals surface area contributed by atoms with Crippen molar-refractivity contribution in [3.63, 3.8) is 0 Å². The lowest BCUT2D eigenvalue weighted by atomic mass is 9.44. The summed E-state index contributed by atoms with van der Waals surface area (Å²) in [5, 5.41) is 3.28. The lowest BCUT2D eigenvalue weighted by Gasteiger charge is -2.61. The molecule has 3 aliphatic carbocycles. The van der Waals surface area contributed by atoms with Crippen molar-refractivity contribution in [1.29, 1.82) is 0 Å². The molecular weight excluding hydrogens is 445 g/mol. The monoisotopic (exact) mass is 470 g/mol. The average molecular weight is 470 g/mol. The third kappa shape index (κ3) is 3.07. The maximum Gasteiger partial charge on any atom is 0.416 e. The largest absolute Gasteiger partial charge is 0.416 e. The number of rotatable bonds is 4. The molecule has 0 saturated heterocycles. The molecule has 3 saturated carbocycles. The summed E-state index contributed by atoms with van der Waals surface area (Å²) < 4.78 is 41.9. The van der Waals surface area contributed by atoms with Gasteiger partial charge in [0.05, 0.1) is 42.0 Å². The van der Waals surface area contributed by atoms with Crippen molar-refractivity contribution in [2.75, 3.05) is 11.1 Å². The first kappa shape index (κ1) is 21.2. The Morgan fingerprint density at radius 2 is 1.97 bits per heavy atom. The zero-order valence-electron chi connectivity index (χ0n) is 18.9. The Morgan fingerprint density at radius 1 is 1.24 bits per heavy atom. The Kier molecular flexibility index (Phi) is 4.29. The molecule has 1 aliphatic heterocycles. The van der Waals surface area contributed by atoms with E-state index < -0.39 is 17.8 Å². The lowest BCUT2D eigenvalue weighted by Crippen LogP contribution is -2.60. The maximum atomic E-state index is 13.3. The molecule has 10 heteroatoms. The number of hydrogen-bond donors (Lipinski definition) is 2. The molecule has 1 aromatic carbocycles. The van der Waals surface area contributed by atoms with Crippen LogP contribution in [0.15, 0.2) is 24.4 Å². The Morgan fingerprint density at radius 3 is 2.62 bits per heavy atom. The van der Waals surface area contributed by atoms with Gasteiger partial charge in [0, 0.05) is 16.9 Å². The average Bonchev–Trinajstić information content (AvgIpc) is 3.28. The Labute approximate surface area is 194 Å². The van der Waals surface area contributed by atoms with Crippen LogP contribution in [0.3, 0.4) is 0 Å². The number of fused-ring (bicyclic) bond motifs is 3. The van der Waals surface area contributed by atoms with E-state index >= 15 is 0 Å². The maximum absolute atomic E-state index is 13.3. The van der Waals surface area contributed by atoms with Crippen LogP contribution < -0.4 is 11.1 Å². The van der Waals surface area contributed by atoms with Crippen molar-refractivity contribution >= 4 is 23.2 Å². The van der Waals surface area contributed by atoms with Gasteiger partial charge < -0.3 is 16.0 Å². The fraction of sp³-hybridized carbons (Fsp3) is 0.458. The standard InChI is InChI=1S/C24H25F3N6O/c1-12-9-29-22-31-20(30-13(2)15-3-16(24(25,26)27)5-17(28)4-15)18-10-32(11-19(18)33(12)22)21(34)23-6-14(7-23)8-23/h3-5,9,13-14H,6-8,10-11,28H2,1-2H3,(H,29,30,31). The van der Waals surface area contributed by atoms with Crippen molar-refractivity contribution in [3.05, 3.63) is 52.5 Å². The third-order valence-electron chi connectivity index (χ3n) is 7.66. The van der Waals surface area contributed by atoms with Crippen LogP contribution in [-0.2, 0) is 24.1 Å². The van der Waals surface area contributed by atoms with Crippen LogP contribution >= 0.6 is 0 Å². The SMILES string of the molecule is Cc1cnc2nc(NC(C)c3cc(N)cc(C(F)(F)F)c3)c3c(n12)CN(C(=O)C12CC(C1)C2)C3. The summed E-state index contributed by atoms with van der Waals surface area (Å²) in [5.41, 5.74) is 7.99. The number of imidazole rings is 1. The van der Waals surface area contributed by atoms with E-state index in [-0.39, 0.29) is 17.0 Å². The second-order valence-electron chi connectivity index (χ2n) is 10.1. The van der Waals surface area contributed by atoms with Crippen LogP contribution in [0.2, 0.25) is 0 Å². The van der Waals surface area contributed by atoms with E-state index in [1.54, 1.807) is 13.1 Å². The Hall–Kier alpha value is -3.30. The quantitative estimate of drug-likeness (QED) is 0.550. The normalized spacial score (nSPS) is 23.9. The number of nitrogens with zero attached hydrogens (tertiary/aromatic N) is 4. The van der Waals surface area contributed by atoms with E-state index in [2.05, 4.69) is 15.3 Å². The molecule has 34 heavy (non-hydrogen) atoms. The second-order valence-corrected chi connectivity index (χ2v) is 10.1. The molecule has 2 bridgehead atoms. The zero-order chi connectivity index (χ0) is 24.0. The number of amides is 1. The molecule has 3 aromatic rings. The first-order chi connectivity index (χ1) is 16.0. The number of anilines is 2. The van der Waals surface area contributed by atoms with E-state index in [9.17, 15) is 18.0 Å². The topological polar surface area (TPSA) is 88.5 Å². The number of aromatic nitrogens is 3. The zero-order valence-corrected chi connectivity index (χ0v) is 18.9. The van der Waals surface area contributed by atoms with Crippen molar-refractivity contribution in [1.82, 2.24) is 19.3 Å². The second kappa shape index (κ2) is 6.86. The molecular formula is C24H25F3N6O. The number of nitrogens with two attached hydrogens (primary N) is 1. The van der Waals surface area contributed by atoms with Crippen molar-refractivity contribution in [3.8, 4) is 0 Å². The molecule has 7 rings (SSSR count). The number of benzene rings is 1. The highest BCUT2D eigenvalue weighted by molar-refractivity contribution is 5.86. The van der Waals surface area contributed by atoms with E-state index in [0.29, 0.717) is 36.2 Å². The minimum Gasteiger partial charge on any atom is -0.399 e. The van der Waals surface area contributed by atoms with Crippen LogP contribution in [0.5, 0.6) is 0 Å². The van der Waals surface area contributed by atoms with Gasteiger partial charge in [0.2, 0.25) is 11.7 Å². The molecule has 3 N–H and O–H groups in total. The van der Waals surface area contributed by atoms with Crippen molar-refractivity contribution in [2.45, 2.75) is 58.4 Å². The number of carbonyl (C=O) groups is 1. The van der Waals surface area contributed by atoms with Crippen LogP contribution in [0.4, 0.5) is 24.7 Å². The summed E-state index contributed by atoms with van der Waals surface area (Å²) in [6.07, 6.45) is 0.188. The van der Waals surface area contributed by atoms with Gasteiger partial charge >= 0.3 is 6.18 Å². The molecule has 0 radical (unpaired) electrons. The number of halogens is 3. The summed E-state index contributed by atoms with van der Waals surface area (Å²) in [5.74, 6) is 1.93. The fourth-order valence-corrected chi connectivity index (χ4v) is 5.75. The number of alkyl halides is 3. The number of nitrogens with one attached hydrogen (secondary N) is 1. The Bertz CT molecular complexity index is 1330. The van der Waals surface area contributed by atoms with Gasteiger partial charge in [0.1, 0.15) is 5.82 Å². The predicted octanol–water partition coefficient (Wildman–Crippen LogP) is 4.45. The number of carbonyl (C=O) groups excluding carboxylic acids is 1. The van der Waals surface area contributed by atoms with Gasteiger partial charge in [-0.3, -0.25) is 9.20 Å². The smallest absolute Gasteiger partial charge is 0.399 e. The summed E-state index contributed by atoms with van der Waals surface area (Å²) in [6, 6.07) is 3.07. The third-order valence-corrected chi connectivity index (χ3v) is 7.66. The van der Waals surface area contributed by atoms with Crippen LogP contribution in [0, 0.1) is 18.3 Å². The highest BCUT2D eigenvalue weighted by Crippen LogP contribution is 2.65. The van der Waals surface area contributed by atoms with Gasteiger partial charge in [0.15, 0.2) is 0 Å². The molecule has 3 heterocycles. The van der Waals surface area contributed by atoms with Crippen LogP contribution in [-0.4, -0.2) is 25.2 Å². The number of hydrogen-bond acceptors (Lipinski definition) is 5. The molecule has 1 amide bonds. The van der Waals surface area contributed by atoms with Gasteiger partial charge in [0.25, 0.3) is 0 Å². The summed E-state index contributed by atoms with van der Waals surface area (Å²) in [7, 11) is 0. The minimum absolute atomic E-state index is 0.0475. The van der Waals surface area contributed by atoms with E-state index in [4.69, 9.17) is 5.73 Å². The molecule has 1 unspecified atom stereocenters. The fourth-order valence-electron chi connectivity index (χ4n) is 5.75. The highest BCUT2D eigenvalue weighted by atomic mass is 19.4. The van der Waals surface area contributed by atoms with Gasteiger partial charge in [-0.1, -0.05) is 0 Å². The predicted molar refractivity (Wildman–Crippen MR) is 120 cm³/mol. The minimum atomic E-state index is -4.49. The molecule has 178 valence electrons. The van der Waals surface area contributed by atoms with E-state index in [0.717, 1.165) is 48.3 Å². The molecule has 0 spiro atoms. The van der Waals surface area contributed by atoms with Crippen LogP contribution in [0.25, 0.3) is 5.78 Å². The molecule has 7 nitrogen and oxygen atoms in total. The van der Waals surface area contributed by atoms with E-state index in [1.807, 2.05) is 16.2 Å². The highest BCUT2D eigenvalue weighted by Gasteiger charge is 2.62.